The molecule has 3 atom stereocenters. The Balaban J connectivity index is 1.65. The van der Waals surface area contributed by atoms with Crippen molar-refractivity contribution in [3.8, 4) is 0 Å². The Morgan fingerprint density at radius 3 is 2.64 bits per heavy atom. The summed E-state index contributed by atoms with van der Waals surface area (Å²) < 4.78 is 5.04. The van der Waals surface area contributed by atoms with Gasteiger partial charge in [-0.15, -0.1) is 0 Å². The quantitative estimate of drug-likeness (QED) is 0.477. The summed E-state index contributed by atoms with van der Waals surface area (Å²) in [5.74, 6) is -1.45. The van der Waals surface area contributed by atoms with Gasteiger partial charge in [0.2, 0.25) is 5.91 Å². The average Bonchev–Trinajstić information content (AvgIpc) is 3.19. The highest BCUT2D eigenvalue weighted by Gasteiger charge is 2.35. The van der Waals surface area contributed by atoms with Gasteiger partial charge in [0.15, 0.2) is 0 Å². The molecule has 1 aromatic carbocycles. The molecule has 2 unspecified atom stereocenters. The molecule has 1 aliphatic rings. The van der Waals surface area contributed by atoms with E-state index < -0.39 is 36.2 Å². The van der Waals surface area contributed by atoms with E-state index in [-0.39, 0.29) is 26.0 Å². The Bertz CT molecular complexity index is 669. The fraction of sp³-hybridized carbons (Fsp3) is 0.526. The first kappa shape index (κ1) is 21.6. The number of alkyl carbamates (subject to hydrolysis) is 1. The van der Waals surface area contributed by atoms with Crippen molar-refractivity contribution in [2.75, 3.05) is 13.1 Å². The number of carbonyl (C=O) groups is 3. The predicted octanol–water partition coefficient (Wildman–Crippen LogP) is 0.457. The van der Waals surface area contributed by atoms with Crippen LogP contribution in [-0.2, 0) is 20.9 Å². The lowest BCUT2D eigenvalue weighted by molar-refractivity contribution is -0.148. The Morgan fingerprint density at radius 2 is 1.96 bits per heavy atom. The van der Waals surface area contributed by atoms with Crippen molar-refractivity contribution in [1.82, 2.24) is 10.2 Å². The minimum Gasteiger partial charge on any atom is -0.480 e. The Labute approximate surface area is 163 Å². The van der Waals surface area contributed by atoms with E-state index in [0.29, 0.717) is 19.4 Å². The number of hydrogen-bond donors (Lipinski definition) is 4. The summed E-state index contributed by atoms with van der Waals surface area (Å²) in [6.45, 7) is 0.472. The van der Waals surface area contributed by atoms with Crippen LogP contribution >= 0.6 is 0 Å². The maximum absolute atomic E-state index is 12.3. The second-order valence-electron chi connectivity index (χ2n) is 6.81. The van der Waals surface area contributed by atoms with E-state index >= 15 is 0 Å². The number of hydrogen-bond acceptors (Lipinski definition) is 6. The number of carbonyl (C=O) groups excluding carboxylic acids is 2. The first-order valence-electron chi connectivity index (χ1n) is 9.30. The lowest BCUT2D eigenvalue weighted by atomic mass is 10.1. The number of rotatable bonds is 9. The topological polar surface area (TPSA) is 142 Å². The standard InChI is InChI=1S/C19H27N3O6/c20-15(17(24)22-10-4-7-16(22)18(25)26)9-8-14(23)11-21-19(27)28-12-13-5-2-1-3-6-13/h1-3,5-6,14-16,23H,4,7-12,20H2,(H,21,27)(H,25,26)/t14?,15?,16-/m0/s1. The van der Waals surface area contributed by atoms with Gasteiger partial charge in [0.25, 0.3) is 0 Å². The molecule has 9 heteroatoms. The van der Waals surface area contributed by atoms with E-state index in [2.05, 4.69) is 5.32 Å². The smallest absolute Gasteiger partial charge is 0.407 e. The fourth-order valence-electron chi connectivity index (χ4n) is 3.07. The summed E-state index contributed by atoms with van der Waals surface area (Å²) in [5.41, 5.74) is 6.72. The molecule has 5 N–H and O–H groups in total. The third-order valence-corrected chi connectivity index (χ3v) is 4.64. The Hall–Kier alpha value is -2.65. The zero-order valence-corrected chi connectivity index (χ0v) is 15.6. The second kappa shape index (κ2) is 10.6. The number of carboxylic acids is 1. The number of aliphatic hydroxyl groups is 1. The van der Waals surface area contributed by atoms with Crippen molar-refractivity contribution in [2.24, 2.45) is 5.73 Å². The van der Waals surface area contributed by atoms with Crippen LogP contribution in [0.3, 0.4) is 0 Å². The number of benzene rings is 1. The van der Waals surface area contributed by atoms with E-state index in [1.54, 1.807) is 0 Å². The molecule has 0 aliphatic carbocycles. The molecule has 154 valence electrons. The van der Waals surface area contributed by atoms with Crippen molar-refractivity contribution >= 4 is 18.0 Å². The van der Waals surface area contributed by atoms with Crippen LogP contribution in [0.5, 0.6) is 0 Å². The maximum atomic E-state index is 12.3. The molecule has 28 heavy (non-hydrogen) atoms. The molecule has 1 saturated heterocycles. The van der Waals surface area contributed by atoms with Gasteiger partial charge in [0, 0.05) is 13.1 Å². The lowest BCUT2D eigenvalue weighted by Crippen LogP contribution is -2.48. The molecular weight excluding hydrogens is 366 g/mol. The van der Waals surface area contributed by atoms with E-state index in [4.69, 9.17) is 15.6 Å². The van der Waals surface area contributed by atoms with E-state index in [1.807, 2.05) is 30.3 Å². The minimum absolute atomic E-state index is 0.0317. The number of carboxylic acid groups (broad SMARTS) is 1. The highest BCUT2D eigenvalue weighted by Crippen LogP contribution is 2.19. The Morgan fingerprint density at radius 1 is 1.25 bits per heavy atom. The molecule has 0 aromatic heterocycles. The third-order valence-electron chi connectivity index (χ3n) is 4.64. The van der Waals surface area contributed by atoms with Gasteiger partial charge in [0.05, 0.1) is 12.1 Å². The van der Waals surface area contributed by atoms with Gasteiger partial charge in [0.1, 0.15) is 12.6 Å². The summed E-state index contributed by atoms with van der Waals surface area (Å²) in [4.78, 5) is 36.4. The first-order chi connectivity index (χ1) is 13.4. The summed E-state index contributed by atoms with van der Waals surface area (Å²) in [6, 6.07) is 7.48. The summed E-state index contributed by atoms with van der Waals surface area (Å²) in [5, 5.41) is 21.6. The lowest BCUT2D eigenvalue weighted by Gasteiger charge is -2.25. The summed E-state index contributed by atoms with van der Waals surface area (Å²) in [7, 11) is 0. The maximum Gasteiger partial charge on any atom is 0.407 e. The van der Waals surface area contributed by atoms with Gasteiger partial charge >= 0.3 is 12.1 Å². The second-order valence-corrected chi connectivity index (χ2v) is 6.81. The highest BCUT2D eigenvalue weighted by molar-refractivity contribution is 5.87. The normalized spacial score (nSPS) is 18.4. The van der Waals surface area contributed by atoms with Gasteiger partial charge in [-0.3, -0.25) is 4.79 Å². The van der Waals surface area contributed by atoms with E-state index in [9.17, 15) is 19.5 Å². The molecule has 9 nitrogen and oxygen atoms in total. The van der Waals surface area contributed by atoms with Gasteiger partial charge in [-0.25, -0.2) is 9.59 Å². The fourth-order valence-corrected chi connectivity index (χ4v) is 3.07. The number of aliphatic carboxylic acids is 1. The van der Waals surface area contributed by atoms with Crippen LogP contribution in [0.1, 0.15) is 31.2 Å². The predicted molar refractivity (Wildman–Crippen MR) is 100 cm³/mol. The van der Waals surface area contributed by atoms with Crippen molar-refractivity contribution in [3.05, 3.63) is 35.9 Å². The minimum atomic E-state index is -1.03. The Kier molecular flexibility index (Phi) is 8.21. The van der Waals surface area contributed by atoms with Gasteiger partial charge in [-0.2, -0.15) is 0 Å². The zero-order chi connectivity index (χ0) is 20.5. The van der Waals surface area contributed by atoms with Crippen LogP contribution in [0.2, 0.25) is 0 Å². The first-order valence-corrected chi connectivity index (χ1v) is 9.30. The average molecular weight is 393 g/mol. The number of nitrogens with two attached hydrogens (primary N) is 1. The highest BCUT2D eigenvalue weighted by atomic mass is 16.5. The third kappa shape index (κ3) is 6.50. The number of ether oxygens (including phenoxy) is 1. The SMILES string of the molecule is NC(CCC(O)CNC(=O)OCc1ccccc1)C(=O)N1CCC[C@H]1C(=O)O. The van der Waals surface area contributed by atoms with Gasteiger partial charge < -0.3 is 30.9 Å². The number of nitrogens with one attached hydrogen (secondary N) is 1. The van der Waals surface area contributed by atoms with Crippen molar-refractivity contribution in [3.63, 3.8) is 0 Å². The van der Waals surface area contributed by atoms with Crippen LogP contribution in [0.15, 0.2) is 30.3 Å². The number of likely N-dealkylation sites (tertiary alicyclic amines) is 1. The van der Waals surface area contributed by atoms with Crippen LogP contribution in [-0.4, -0.2) is 64.4 Å². The van der Waals surface area contributed by atoms with Crippen LogP contribution in [0.25, 0.3) is 0 Å². The molecule has 0 radical (unpaired) electrons. The van der Waals surface area contributed by atoms with Crippen molar-refractivity contribution in [2.45, 2.75) is 50.5 Å². The molecule has 0 spiro atoms. The molecular formula is C19H27N3O6. The van der Waals surface area contributed by atoms with Crippen LogP contribution in [0.4, 0.5) is 4.79 Å². The summed E-state index contributed by atoms with van der Waals surface area (Å²) >= 11 is 0. The number of nitrogens with zero attached hydrogens (tertiary/aromatic N) is 1. The molecule has 2 rings (SSSR count). The van der Waals surface area contributed by atoms with Gasteiger partial charge in [-0.1, -0.05) is 30.3 Å². The molecule has 2 amide bonds. The molecule has 1 aromatic rings. The largest absolute Gasteiger partial charge is 0.480 e. The molecule has 1 aliphatic heterocycles. The zero-order valence-electron chi connectivity index (χ0n) is 15.6. The van der Waals surface area contributed by atoms with Crippen LogP contribution in [0, 0.1) is 0 Å². The monoisotopic (exact) mass is 393 g/mol. The number of amides is 2. The molecule has 1 fully saturated rings. The van der Waals surface area contributed by atoms with Gasteiger partial charge in [-0.05, 0) is 31.2 Å². The van der Waals surface area contributed by atoms with E-state index in [0.717, 1.165) is 5.56 Å². The molecule has 0 bridgehead atoms. The molecule has 0 saturated carbocycles. The van der Waals surface area contributed by atoms with Crippen molar-refractivity contribution in [1.29, 1.82) is 0 Å². The van der Waals surface area contributed by atoms with Crippen LogP contribution < -0.4 is 11.1 Å². The van der Waals surface area contributed by atoms with E-state index in [1.165, 1.54) is 4.90 Å². The summed E-state index contributed by atoms with van der Waals surface area (Å²) in [6.07, 6.45) is -0.110. The van der Waals surface area contributed by atoms with Crippen molar-refractivity contribution < 1.29 is 29.3 Å². The molecule has 1 heterocycles. The number of aliphatic hydroxyl groups excluding tert-OH is 1.